The second-order valence-electron chi connectivity index (χ2n) is 6.85. The fraction of sp³-hybridized carbons (Fsp3) is 0.167. The van der Waals surface area contributed by atoms with E-state index in [-0.39, 0.29) is 17.7 Å². The standard InChI is InChI=1S/C24H24N2O2/c1-17-14-15-20(24(28)26(3)21-12-8-5-9-13-21)16-22(17)25-23(27)18(2)19-10-6-4-7-11-19/h4-16,18H,1-3H3,(H,25,27)/t18-/m1/s1. The third kappa shape index (κ3) is 4.29. The highest BCUT2D eigenvalue weighted by atomic mass is 16.2. The second kappa shape index (κ2) is 8.53. The summed E-state index contributed by atoms with van der Waals surface area (Å²) in [5.41, 5.74) is 3.86. The molecule has 0 fully saturated rings. The molecule has 4 heteroatoms. The van der Waals surface area contributed by atoms with Crippen LogP contribution in [0.4, 0.5) is 11.4 Å². The number of aryl methyl sites for hydroxylation is 1. The summed E-state index contributed by atoms with van der Waals surface area (Å²) < 4.78 is 0. The van der Waals surface area contributed by atoms with Crippen molar-refractivity contribution < 1.29 is 9.59 Å². The van der Waals surface area contributed by atoms with Gasteiger partial charge in [-0.05, 0) is 49.2 Å². The van der Waals surface area contributed by atoms with E-state index in [0.717, 1.165) is 16.8 Å². The van der Waals surface area contributed by atoms with Gasteiger partial charge in [-0.1, -0.05) is 54.6 Å². The molecule has 28 heavy (non-hydrogen) atoms. The average molecular weight is 372 g/mol. The van der Waals surface area contributed by atoms with Gasteiger partial charge in [-0.25, -0.2) is 0 Å². The number of hydrogen-bond donors (Lipinski definition) is 1. The summed E-state index contributed by atoms with van der Waals surface area (Å²) in [6, 6.07) is 24.5. The molecule has 0 bridgehead atoms. The molecule has 0 aromatic heterocycles. The Bertz CT molecular complexity index is 968. The quantitative estimate of drug-likeness (QED) is 0.684. The molecule has 4 nitrogen and oxygen atoms in total. The van der Waals surface area contributed by atoms with Gasteiger partial charge in [-0.3, -0.25) is 9.59 Å². The lowest BCUT2D eigenvalue weighted by Gasteiger charge is -2.19. The molecule has 3 aromatic carbocycles. The topological polar surface area (TPSA) is 49.4 Å². The number of benzene rings is 3. The van der Waals surface area contributed by atoms with E-state index < -0.39 is 0 Å². The average Bonchev–Trinajstić information content (AvgIpc) is 2.74. The van der Waals surface area contributed by atoms with E-state index in [1.807, 2.05) is 80.6 Å². The van der Waals surface area contributed by atoms with Crippen LogP contribution < -0.4 is 10.2 Å². The van der Waals surface area contributed by atoms with Gasteiger partial charge < -0.3 is 10.2 Å². The highest BCUT2D eigenvalue weighted by Crippen LogP contribution is 2.23. The number of nitrogens with zero attached hydrogens (tertiary/aromatic N) is 1. The second-order valence-corrected chi connectivity index (χ2v) is 6.85. The number of carbonyl (C=O) groups is 2. The largest absolute Gasteiger partial charge is 0.325 e. The van der Waals surface area contributed by atoms with E-state index in [2.05, 4.69) is 5.32 Å². The van der Waals surface area contributed by atoms with Crippen LogP contribution in [0.3, 0.4) is 0 Å². The molecule has 0 spiro atoms. The Morgan fingerprint density at radius 1 is 0.893 bits per heavy atom. The maximum atomic E-state index is 12.9. The van der Waals surface area contributed by atoms with E-state index in [0.29, 0.717) is 11.3 Å². The predicted octanol–water partition coefficient (Wildman–Crippen LogP) is 5.01. The van der Waals surface area contributed by atoms with Crippen molar-refractivity contribution in [1.29, 1.82) is 0 Å². The van der Waals surface area contributed by atoms with Gasteiger partial charge in [0.15, 0.2) is 0 Å². The molecule has 0 aliphatic heterocycles. The highest BCUT2D eigenvalue weighted by molar-refractivity contribution is 6.07. The van der Waals surface area contributed by atoms with Gasteiger partial charge in [-0.15, -0.1) is 0 Å². The molecule has 0 unspecified atom stereocenters. The minimum Gasteiger partial charge on any atom is -0.325 e. The monoisotopic (exact) mass is 372 g/mol. The Labute approximate surface area is 165 Å². The first-order valence-corrected chi connectivity index (χ1v) is 9.27. The molecule has 0 radical (unpaired) electrons. The maximum absolute atomic E-state index is 12.9. The Kier molecular flexibility index (Phi) is 5.90. The van der Waals surface area contributed by atoms with Crippen LogP contribution in [0.1, 0.15) is 34.3 Å². The fourth-order valence-electron chi connectivity index (χ4n) is 2.99. The number of amides is 2. The summed E-state index contributed by atoms with van der Waals surface area (Å²) in [5.74, 6) is -0.514. The molecule has 0 aliphatic rings. The van der Waals surface area contributed by atoms with E-state index in [1.165, 1.54) is 0 Å². The zero-order chi connectivity index (χ0) is 20.1. The molecular formula is C24H24N2O2. The molecule has 0 saturated heterocycles. The molecule has 1 N–H and O–H groups in total. The van der Waals surface area contributed by atoms with E-state index in [9.17, 15) is 9.59 Å². The van der Waals surface area contributed by atoms with Crippen molar-refractivity contribution in [1.82, 2.24) is 0 Å². The minimum absolute atomic E-state index is 0.102. The van der Waals surface area contributed by atoms with Crippen molar-refractivity contribution in [3.63, 3.8) is 0 Å². The lowest BCUT2D eigenvalue weighted by Crippen LogP contribution is -2.26. The summed E-state index contributed by atoms with van der Waals surface area (Å²) in [7, 11) is 1.74. The fourth-order valence-corrected chi connectivity index (χ4v) is 2.99. The van der Waals surface area contributed by atoms with Crippen LogP contribution in [0.2, 0.25) is 0 Å². The molecular weight excluding hydrogens is 348 g/mol. The third-order valence-electron chi connectivity index (χ3n) is 4.88. The Morgan fingerprint density at radius 2 is 1.50 bits per heavy atom. The Hall–Kier alpha value is -3.40. The van der Waals surface area contributed by atoms with Crippen LogP contribution in [0.25, 0.3) is 0 Å². The first-order chi connectivity index (χ1) is 13.5. The van der Waals surface area contributed by atoms with E-state index >= 15 is 0 Å². The van der Waals surface area contributed by atoms with Crippen molar-refractivity contribution >= 4 is 23.2 Å². The van der Waals surface area contributed by atoms with Crippen molar-refractivity contribution in [2.75, 3.05) is 17.3 Å². The highest BCUT2D eigenvalue weighted by Gasteiger charge is 2.18. The van der Waals surface area contributed by atoms with Gasteiger partial charge >= 0.3 is 0 Å². The molecule has 3 rings (SSSR count). The predicted molar refractivity (Wildman–Crippen MR) is 114 cm³/mol. The van der Waals surface area contributed by atoms with Crippen LogP contribution in [0.5, 0.6) is 0 Å². The molecule has 0 saturated carbocycles. The van der Waals surface area contributed by atoms with Crippen molar-refractivity contribution in [2.45, 2.75) is 19.8 Å². The lowest BCUT2D eigenvalue weighted by atomic mass is 10.00. The van der Waals surface area contributed by atoms with Gasteiger partial charge in [0.05, 0.1) is 5.92 Å². The summed E-state index contributed by atoms with van der Waals surface area (Å²) in [6.07, 6.45) is 0. The summed E-state index contributed by atoms with van der Waals surface area (Å²) in [4.78, 5) is 27.2. The summed E-state index contributed by atoms with van der Waals surface area (Å²) in [5, 5.41) is 2.97. The number of nitrogens with one attached hydrogen (secondary N) is 1. The van der Waals surface area contributed by atoms with E-state index in [1.54, 1.807) is 24.1 Å². The maximum Gasteiger partial charge on any atom is 0.258 e. The van der Waals surface area contributed by atoms with Crippen LogP contribution >= 0.6 is 0 Å². The normalized spacial score (nSPS) is 11.5. The number of para-hydroxylation sites is 1. The van der Waals surface area contributed by atoms with Crippen LogP contribution in [-0.4, -0.2) is 18.9 Å². The lowest BCUT2D eigenvalue weighted by molar-refractivity contribution is -0.117. The first-order valence-electron chi connectivity index (χ1n) is 9.27. The van der Waals surface area contributed by atoms with Crippen LogP contribution in [0, 0.1) is 6.92 Å². The first kappa shape index (κ1) is 19.4. The summed E-state index contributed by atoms with van der Waals surface area (Å²) in [6.45, 7) is 3.79. The molecule has 142 valence electrons. The third-order valence-corrected chi connectivity index (χ3v) is 4.88. The molecule has 0 aliphatic carbocycles. The van der Waals surface area contributed by atoms with Crippen molar-refractivity contribution in [2.24, 2.45) is 0 Å². The van der Waals surface area contributed by atoms with Gasteiger partial charge in [0.1, 0.15) is 0 Å². The van der Waals surface area contributed by atoms with Crippen LogP contribution in [0.15, 0.2) is 78.9 Å². The SMILES string of the molecule is Cc1ccc(C(=O)N(C)c2ccccc2)cc1NC(=O)[C@H](C)c1ccccc1. The van der Waals surface area contributed by atoms with Gasteiger partial charge in [0.25, 0.3) is 5.91 Å². The molecule has 0 heterocycles. The molecule has 3 aromatic rings. The molecule has 2 amide bonds. The molecule has 1 atom stereocenters. The van der Waals surface area contributed by atoms with Gasteiger partial charge in [-0.2, -0.15) is 0 Å². The number of hydrogen-bond acceptors (Lipinski definition) is 2. The van der Waals surface area contributed by atoms with Gasteiger partial charge in [0.2, 0.25) is 5.91 Å². The zero-order valence-electron chi connectivity index (χ0n) is 16.3. The van der Waals surface area contributed by atoms with Crippen LogP contribution in [-0.2, 0) is 4.79 Å². The Balaban J connectivity index is 1.80. The minimum atomic E-state index is -0.285. The Morgan fingerprint density at radius 3 is 2.14 bits per heavy atom. The van der Waals surface area contributed by atoms with Crippen molar-refractivity contribution in [3.8, 4) is 0 Å². The van der Waals surface area contributed by atoms with E-state index in [4.69, 9.17) is 0 Å². The van der Waals surface area contributed by atoms with Gasteiger partial charge in [0, 0.05) is 24.0 Å². The smallest absolute Gasteiger partial charge is 0.258 e. The number of anilines is 2. The van der Waals surface area contributed by atoms with Crippen molar-refractivity contribution in [3.05, 3.63) is 95.6 Å². The summed E-state index contributed by atoms with van der Waals surface area (Å²) >= 11 is 0. The number of carbonyl (C=O) groups excluding carboxylic acids is 2. The number of rotatable bonds is 5. The zero-order valence-corrected chi connectivity index (χ0v) is 16.3.